The molecule has 1 heterocycles. The Morgan fingerprint density at radius 3 is 2.88 bits per heavy atom. The summed E-state index contributed by atoms with van der Waals surface area (Å²) in [6.45, 7) is 1.77. The molecular formula is C12H11NO3. The highest BCUT2D eigenvalue weighted by Crippen LogP contribution is 2.21. The summed E-state index contributed by atoms with van der Waals surface area (Å²) in [5.41, 5.74) is 1.30. The number of hydrogen-bond acceptors (Lipinski definition) is 4. The lowest BCUT2D eigenvalue weighted by Gasteiger charge is -2.00. The molecule has 4 heteroatoms. The Labute approximate surface area is 92.9 Å². The van der Waals surface area contributed by atoms with Gasteiger partial charge in [-0.3, -0.25) is 0 Å². The van der Waals surface area contributed by atoms with E-state index >= 15 is 0 Å². The van der Waals surface area contributed by atoms with Gasteiger partial charge in [0.25, 0.3) is 0 Å². The molecule has 0 aliphatic rings. The number of methoxy groups -OCH3 is 1. The van der Waals surface area contributed by atoms with E-state index in [4.69, 9.17) is 4.42 Å². The summed E-state index contributed by atoms with van der Waals surface area (Å²) in [5, 5.41) is 0. The highest BCUT2D eigenvalue weighted by molar-refractivity contribution is 5.90. The minimum atomic E-state index is -0.363. The molecule has 0 radical (unpaired) electrons. The second-order valence-electron chi connectivity index (χ2n) is 3.32. The highest BCUT2D eigenvalue weighted by Gasteiger charge is 2.08. The molecule has 2 rings (SSSR count). The van der Waals surface area contributed by atoms with Gasteiger partial charge in [0, 0.05) is 12.5 Å². The first kappa shape index (κ1) is 10.4. The third-order valence-electron chi connectivity index (χ3n) is 2.19. The lowest BCUT2D eigenvalue weighted by molar-refractivity contribution is 0.0601. The number of benzene rings is 1. The minimum absolute atomic E-state index is 0.363. The molecule has 0 unspecified atom stereocenters. The van der Waals surface area contributed by atoms with E-state index in [1.807, 2.05) is 6.07 Å². The van der Waals surface area contributed by atoms with Crippen LogP contribution in [0.25, 0.3) is 11.3 Å². The molecule has 0 saturated heterocycles. The van der Waals surface area contributed by atoms with Crippen molar-refractivity contribution in [3.8, 4) is 11.3 Å². The van der Waals surface area contributed by atoms with Gasteiger partial charge in [0.05, 0.1) is 18.9 Å². The summed E-state index contributed by atoms with van der Waals surface area (Å²) in [4.78, 5) is 15.3. The number of rotatable bonds is 2. The van der Waals surface area contributed by atoms with Gasteiger partial charge in [-0.2, -0.15) is 0 Å². The van der Waals surface area contributed by atoms with Gasteiger partial charge >= 0.3 is 5.97 Å². The molecule has 82 valence electrons. The van der Waals surface area contributed by atoms with Crippen molar-refractivity contribution in [3.63, 3.8) is 0 Å². The van der Waals surface area contributed by atoms with Crippen molar-refractivity contribution < 1.29 is 13.9 Å². The number of carbonyl (C=O) groups is 1. The predicted octanol–water partition coefficient (Wildman–Crippen LogP) is 2.44. The predicted molar refractivity (Wildman–Crippen MR) is 58.0 cm³/mol. The second-order valence-corrected chi connectivity index (χ2v) is 3.32. The third-order valence-corrected chi connectivity index (χ3v) is 2.19. The Kier molecular flexibility index (Phi) is 2.72. The van der Waals surface area contributed by atoms with Crippen molar-refractivity contribution in [2.24, 2.45) is 0 Å². The van der Waals surface area contributed by atoms with Crippen molar-refractivity contribution in [2.45, 2.75) is 6.92 Å². The fourth-order valence-corrected chi connectivity index (χ4v) is 1.41. The maximum Gasteiger partial charge on any atom is 0.337 e. The average molecular weight is 217 g/mol. The van der Waals surface area contributed by atoms with Crippen LogP contribution in [0.15, 0.2) is 34.9 Å². The van der Waals surface area contributed by atoms with Gasteiger partial charge in [0.1, 0.15) is 0 Å². The number of nitrogens with zero attached hydrogens (tertiary/aromatic N) is 1. The molecule has 4 nitrogen and oxygen atoms in total. The molecule has 0 aliphatic carbocycles. The maximum absolute atomic E-state index is 11.3. The number of aromatic nitrogens is 1. The van der Waals surface area contributed by atoms with Crippen molar-refractivity contribution in [1.29, 1.82) is 0 Å². The molecule has 16 heavy (non-hydrogen) atoms. The van der Waals surface area contributed by atoms with Gasteiger partial charge in [-0.25, -0.2) is 9.78 Å². The number of carbonyl (C=O) groups excluding carboxylic acids is 1. The molecule has 1 aromatic heterocycles. The van der Waals surface area contributed by atoms with Crippen LogP contribution in [-0.4, -0.2) is 18.1 Å². The van der Waals surface area contributed by atoms with Crippen molar-refractivity contribution in [2.75, 3.05) is 7.11 Å². The Morgan fingerprint density at radius 1 is 1.44 bits per heavy atom. The SMILES string of the molecule is COC(=O)c1cccc(-c2cnc(C)o2)c1. The summed E-state index contributed by atoms with van der Waals surface area (Å²) >= 11 is 0. The van der Waals surface area contributed by atoms with Gasteiger partial charge in [-0.15, -0.1) is 0 Å². The van der Waals surface area contributed by atoms with E-state index < -0.39 is 0 Å². The summed E-state index contributed by atoms with van der Waals surface area (Å²) < 4.78 is 10.0. The van der Waals surface area contributed by atoms with Gasteiger partial charge in [0.15, 0.2) is 11.7 Å². The van der Waals surface area contributed by atoms with Crippen LogP contribution < -0.4 is 0 Å². The first-order valence-electron chi connectivity index (χ1n) is 4.82. The standard InChI is InChI=1S/C12H11NO3/c1-8-13-7-11(16-8)9-4-3-5-10(6-9)12(14)15-2/h3-7H,1-2H3. The summed E-state index contributed by atoms with van der Waals surface area (Å²) in [7, 11) is 1.35. The first-order valence-corrected chi connectivity index (χ1v) is 4.82. The fraction of sp³-hybridized carbons (Fsp3) is 0.167. The van der Waals surface area contributed by atoms with Crippen LogP contribution in [0, 0.1) is 6.92 Å². The van der Waals surface area contributed by atoms with Crippen molar-refractivity contribution in [3.05, 3.63) is 41.9 Å². The smallest absolute Gasteiger partial charge is 0.337 e. The normalized spacial score (nSPS) is 10.1. The van der Waals surface area contributed by atoms with E-state index in [9.17, 15) is 4.79 Å². The van der Waals surface area contributed by atoms with Crippen LogP contribution in [0.4, 0.5) is 0 Å². The topological polar surface area (TPSA) is 52.3 Å². The lowest BCUT2D eigenvalue weighted by atomic mass is 10.1. The van der Waals surface area contributed by atoms with Crippen LogP contribution in [0.5, 0.6) is 0 Å². The second kappa shape index (κ2) is 4.18. The first-order chi connectivity index (χ1) is 7.70. The van der Waals surface area contributed by atoms with E-state index in [2.05, 4.69) is 9.72 Å². The molecule has 0 aliphatic heterocycles. The summed E-state index contributed by atoms with van der Waals surface area (Å²) in [6, 6.07) is 7.04. The number of esters is 1. The molecule has 0 fully saturated rings. The van der Waals surface area contributed by atoms with Crippen LogP contribution in [-0.2, 0) is 4.74 Å². The Balaban J connectivity index is 2.39. The highest BCUT2D eigenvalue weighted by atomic mass is 16.5. The molecule has 2 aromatic rings. The fourth-order valence-electron chi connectivity index (χ4n) is 1.41. The van der Waals surface area contributed by atoms with Crippen molar-refractivity contribution >= 4 is 5.97 Å². The number of aryl methyl sites for hydroxylation is 1. The largest absolute Gasteiger partial charge is 0.465 e. The summed E-state index contributed by atoms with van der Waals surface area (Å²) in [6.07, 6.45) is 1.63. The number of hydrogen-bond donors (Lipinski definition) is 0. The van der Waals surface area contributed by atoms with Gasteiger partial charge in [-0.1, -0.05) is 12.1 Å². The minimum Gasteiger partial charge on any atom is -0.465 e. The van der Waals surface area contributed by atoms with E-state index in [1.54, 1.807) is 31.3 Å². The average Bonchev–Trinajstić information content (AvgIpc) is 2.75. The lowest BCUT2D eigenvalue weighted by Crippen LogP contribution is -2.00. The van der Waals surface area contributed by atoms with Crippen molar-refractivity contribution in [1.82, 2.24) is 4.98 Å². The van der Waals surface area contributed by atoms with Crippen LogP contribution in [0.2, 0.25) is 0 Å². The molecule has 1 aromatic carbocycles. The van der Waals surface area contributed by atoms with Crippen LogP contribution >= 0.6 is 0 Å². The molecule has 0 saturated carbocycles. The molecular weight excluding hydrogens is 206 g/mol. The molecule has 0 amide bonds. The Morgan fingerprint density at radius 2 is 2.25 bits per heavy atom. The van der Waals surface area contributed by atoms with E-state index in [0.717, 1.165) is 5.56 Å². The molecule has 0 bridgehead atoms. The summed E-state index contributed by atoms with van der Waals surface area (Å²) in [5.74, 6) is 0.875. The van der Waals surface area contributed by atoms with Gasteiger partial charge in [0.2, 0.25) is 0 Å². The quantitative estimate of drug-likeness (QED) is 0.725. The monoisotopic (exact) mass is 217 g/mol. The molecule has 0 N–H and O–H groups in total. The Bertz CT molecular complexity index is 516. The van der Waals surface area contributed by atoms with E-state index in [0.29, 0.717) is 17.2 Å². The number of oxazole rings is 1. The van der Waals surface area contributed by atoms with Crippen LogP contribution in [0.1, 0.15) is 16.2 Å². The molecule has 0 spiro atoms. The van der Waals surface area contributed by atoms with Gasteiger partial charge < -0.3 is 9.15 Å². The number of ether oxygens (including phenoxy) is 1. The molecule has 0 atom stereocenters. The maximum atomic E-state index is 11.3. The van der Waals surface area contributed by atoms with Gasteiger partial charge in [-0.05, 0) is 12.1 Å². The van der Waals surface area contributed by atoms with E-state index in [1.165, 1.54) is 7.11 Å². The zero-order chi connectivity index (χ0) is 11.5. The Hall–Kier alpha value is -2.10. The van der Waals surface area contributed by atoms with E-state index in [-0.39, 0.29) is 5.97 Å². The zero-order valence-electron chi connectivity index (χ0n) is 9.06. The van der Waals surface area contributed by atoms with Crippen LogP contribution in [0.3, 0.4) is 0 Å². The zero-order valence-corrected chi connectivity index (χ0v) is 9.06. The third kappa shape index (κ3) is 1.95.